The van der Waals surface area contributed by atoms with Gasteiger partial charge in [0, 0.05) is 17.6 Å². The molecule has 60 valence electrons. The minimum Gasteiger partial charge on any atom is -0.264 e. The van der Waals surface area contributed by atoms with Crippen LogP contribution in [0.1, 0.15) is 18.1 Å². The van der Waals surface area contributed by atoms with Crippen molar-refractivity contribution in [1.82, 2.24) is 4.98 Å². The van der Waals surface area contributed by atoms with Crippen molar-refractivity contribution < 1.29 is 0 Å². The van der Waals surface area contributed by atoms with E-state index in [9.17, 15) is 0 Å². The Bertz CT molecular complexity index is 233. The van der Waals surface area contributed by atoms with Crippen molar-refractivity contribution >= 4 is 12.6 Å². The van der Waals surface area contributed by atoms with E-state index in [-0.39, 0.29) is 0 Å². The van der Waals surface area contributed by atoms with Crippen LogP contribution in [-0.4, -0.2) is 10.2 Å². The summed E-state index contributed by atoms with van der Waals surface area (Å²) in [6.07, 6.45) is 4.77. The average Bonchev–Trinajstić information content (AvgIpc) is 1.85. The fourth-order valence-electron chi connectivity index (χ4n) is 1.07. The second-order valence-corrected chi connectivity index (χ2v) is 3.81. The molecule has 0 saturated heterocycles. The van der Waals surface area contributed by atoms with Crippen LogP contribution in [-0.2, 0) is 6.42 Å². The Morgan fingerprint density at radius 1 is 1.55 bits per heavy atom. The fourth-order valence-corrected chi connectivity index (χ4v) is 1.28. The van der Waals surface area contributed by atoms with Crippen molar-refractivity contribution in [3.8, 4) is 0 Å². The topological polar surface area (TPSA) is 12.9 Å². The Kier molecular flexibility index (Phi) is 2.94. The number of hydrogen-bond donors (Lipinski definition) is 1. The van der Waals surface area contributed by atoms with Crippen LogP contribution >= 0.6 is 12.6 Å². The van der Waals surface area contributed by atoms with Gasteiger partial charge in [0.05, 0.1) is 0 Å². The molecular formula is C9H13NS. The Hall–Kier alpha value is -0.500. The van der Waals surface area contributed by atoms with Crippen molar-refractivity contribution in [3.63, 3.8) is 0 Å². The molecule has 11 heavy (non-hydrogen) atoms. The SMILES string of the molecule is Cc1cncc(CC(C)S)c1. The van der Waals surface area contributed by atoms with Crippen molar-refractivity contribution in [1.29, 1.82) is 0 Å². The van der Waals surface area contributed by atoms with Gasteiger partial charge in [-0.1, -0.05) is 13.0 Å². The molecule has 2 heteroatoms. The third-order valence-electron chi connectivity index (χ3n) is 1.46. The van der Waals surface area contributed by atoms with Gasteiger partial charge in [-0.2, -0.15) is 12.6 Å². The summed E-state index contributed by atoms with van der Waals surface area (Å²) in [5, 5.41) is 0.415. The molecule has 1 rings (SSSR count). The third kappa shape index (κ3) is 2.93. The Morgan fingerprint density at radius 2 is 2.27 bits per heavy atom. The highest BCUT2D eigenvalue weighted by Crippen LogP contribution is 2.07. The maximum absolute atomic E-state index is 4.32. The number of thiol groups is 1. The second kappa shape index (κ2) is 3.77. The average molecular weight is 167 g/mol. The lowest BCUT2D eigenvalue weighted by atomic mass is 10.1. The molecule has 1 aromatic rings. The number of nitrogens with zero attached hydrogens (tertiary/aromatic N) is 1. The van der Waals surface area contributed by atoms with E-state index in [2.05, 4.69) is 37.5 Å². The first-order chi connectivity index (χ1) is 5.18. The van der Waals surface area contributed by atoms with Crippen LogP contribution in [0.15, 0.2) is 18.5 Å². The van der Waals surface area contributed by atoms with E-state index in [0.717, 1.165) is 6.42 Å². The molecule has 0 aliphatic rings. The summed E-state index contributed by atoms with van der Waals surface area (Å²) in [5.74, 6) is 0. The predicted octanol–water partition coefficient (Wildman–Crippen LogP) is 2.25. The van der Waals surface area contributed by atoms with Gasteiger partial charge in [0.25, 0.3) is 0 Å². The first-order valence-corrected chi connectivity index (χ1v) is 4.28. The second-order valence-electron chi connectivity index (χ2n) is 2.92. The molecule has 0 aliphatic heterocycles. The van der Waals surface area contributed by atoms with E-state index in [1.165, 1.54) is 11.1 Å². The minimum atomic E-state index is 0.415. The van der Waals surface area contributed by atoms with Crippen LogP contribution in [0.4, 0.5) is 0 Å². The number of hydrogen-bond acceptors (Lipinski definition) is 2. The maximum atomic E-state index is 4.32. The Labute approximate surface area is 73.3 Å². The van der Waals surface area contributed by atoms with Gasteiger partial charge in [0.1, 0.15) is 0 Å². The smallest absolute Gasteiger partial charge is 0.0300 e. The molecule has 0 N–H and O–H groups in total. The Morgan fingerprint density at radius 3 is 2.82 bits per heavy atom. The first-order valence-electron chi connectivity index (χ1n) is 3.77. The highest BCUT2D eigenvalue weighted by molar-refractivity contribution is 7.80. The van der Waals surface area contributed by atoms with E-state index in [0.29, 0.717) is 5.25 Å². The van der Waals surface area contributed by atoms with Crippen molar-refractivity contribution in [2.45, 2.75) is 25.5 Å². The summed E-state index contributed by atoms with van der Waals surface area (Å²) < 4.78 is 0. The lowest BCUT2D eigenvalue weighted by Crippen LogP contribution is -1.97. The van der Waals surface area contributed by atoms with Crippen molar-refractivity contribution in [2.24, 2.45) is 0 Å². The monoisotopic (exact) mass is 167 g/mol. The largest absolute Gasteiger partial charge is 0.264 e. The van der Waals surface area contributed by atoms with Gasteiger partial charge in [0.15, 0.2) is 0 Å². The zero-order valence-corrected chi connectivity index (χ0v) is 7.81. The molecule has 0 fully saturated rings. The fraction of sp³-hybridized carbons (Fsp3) is 0.444. The third-order valence-corrected chi connectivity index (χ3v) is 1.65. The van der Waals surface area contributed by atoms with Crippen LogP contribution in [0, 0.1) is 6.92 Å². The molecule has 1 heterocycles. The van der Waals surface area contributed by atoms with Gasteiger partial charge in [-0.25, -0.2) is 0 Å². The maximum Gasteiger partial charge on any atom is 0.0300 e. The number of pyridine rings is 1. The molecule has 0 aliphatic carbocycles. The van der Waals surface area contributed by atoms with E-state index >= 15 is 0 Å². The molecule has 1 nitrogen and oxygen atoms in total. The molecule has 0 spiro atoms. The van der Waals surface area contributed by atoms with Gasteiger partial charge in [0.2, 0.25) is 0 Å². The molecule has 0 bridgehead atoms. The molecule has 0 radical (unpaired) electrons. The number of rotatable bonds is 2. The van der Waals surface area contributed by atoms with Crippen LogP contribution in [0.25, 0.3) is 0 Å². The van der Waals surface area contributed by atoms with Gasteiger partial charge in [-0.05, 0) is 24.5 Å². The van der Waals surface area contributed by atoms with Crippen LogP contribution < -0.4 is 0 Å². The predicted molar refractivity (Wildman–Crippen MR) is 51.1 cm³/mol. The highest BCUT2D eigenvalue weighted by atomic mass is 32.1. The molecule has 1 unspecified atom stereocenters. The summed E-state index contributed by atoms with van der Waals surface area (Å²) in [4.78, 5) is 4.10. The summed E-state index contributed by atoms with van der Waals surface area (Å²) in [6.45, 7) is 4.14. The lowest BCUT2D eigenvalue weighted by Gasteiger charge is -2.03. The molecule has 1 atom stereocenters. The van der Waals surface area contributed by atoms with E-state index in [1.807, 2.05) is 12.4 Å². The molecule has 1 aromatic heterocycles. The minimum absolute atomic E-state index is 0.415. The van der Waals surface area contributed by atoms with Gasteiger partial charge >= 0.3 is 0 Å². The Balaban J connectivity index is 2.71. The molecular weight excluding hydrogens is 154 g/mol. The van der Waals surface area contributed by atoms with E-state index in [1.54, 1.807) is 0 Å². The van der Waals surface area contributed by atoms with Gasteiger partial charge < -0.3 is 0 Å². The van der Waals surface area contributed by atoms with Crippen LogP contribution in [0.5, 0.6) is 0 Å². The first kappa shape index (κ1) is 8.60. The standard InChI is InChI=1S/C9H13NS/c1-7-3-9(4-8(2)11)6-10-5-7/h3,5-6,8,11H,4H2,1-2H3. The van der Waals surface area contributed by atoms with E-state index in [4.69, 9.17) is 0 Å². The van der Waals surface area contributed by atoms with Crippen molar-refractivity contribution in [2.75, 3.05) is 0 Å². The van der Waals surface area contributed by atoms with Gasteiger partial charge in [-0.3, -0.25) is 4.98 Å². The van der Waals surface area contributed by atoms with Gasteiger partial charge in [-0.15, -0.1) is 0 Å². The summed E-state index contributed by atoms with van der Waals surface area (Å²) in [6, 6.07) is 2.15. The molecule has 0 amide bonds. The number of aromatic nitrogens is 1. The highest BCUT2D eigenvalue weighted by Gasteiger charge is 1.97. The van der Waals surface area contributed by atoms with Crippen molar-refractivity contribution in [3.05, 3.63) is 29.6 Å². The summed E-state index contributed by atoms with van der Waals surface area (Å²) >= 11 is 4.32. The normalized spacial score (nSPS) is 13.0. The zero-order chi connectivity index (χ0) is 8.27. The lowest BCUT2D eigenvalue weighted by molar-refractivity contribution is 0.938. The number of aryl methyl sites for hydroxylation is 1. The summed E-state index contributed by atoms with van der Waals surface area (Å²) in [5.41, 5.74) is 2.49. The molecule has 0 aromatic carbocycles. The molecule has 0 saturated carbocycles. The van der Waals surface area contributed by atoms with E-state index < -0.39 is 0 Å². The van der Waals surface area contributed by atoms with Crippen LogP contribution in [0.2, 0.25) is 0 Å². The quantitative estimate of drug-likeness (QED) is 0.667. The van der Waals surface area contributed by atoms with Crippen LogP contribution in [0.3, 0.4) is 0 Å². The zero-order valence-electron chi connectivity index (χ0n) is 6.91. The summed E-state index contributed by atoms with van der Waals surface area (Å²) in [7, 11) is 0.